The van der Waals surface area contributed by atoms with Crippen LogP contribution in [0.2, 0.25) is 5.02 Å². The number of aromatic carboxylic acids is 1. The molecule has 2 heterocycles. The first-order chi connectivity index (χ1) is 15.9. The van der Waals surface area contributed by atoms with Crippen LogP contribution in [-0.2, 0) is 22.0 Å². The van der Waals surface area contributed by atoms with Gasteiger partial charge in [-0.05, 0) is 47.4 Å². The summed E-state index contributed by atoms with van der Waals surface area (Å²) in [5.41, 5.74) is 1.33. The third-order valence-electron chi connectivity index (χ3n) is 5.59. The van der Waals surface area contributed by atoms with Gasteiger partial charge in [0.25, 0.3) is 15.9 Å². The molecule has 0 radical (unpaired) electrons. The van der Waals surface area contributed by atoms with Crippen LogP contribution in [0.3, 0.4) is 0 Å². The molecule has 3 aromatic rings. The van der Waals surface area contributed by atoms with Gasteiger partial charge >= 0.3 is 5.97 Å². The molecule has 0 spiro atoms. The average Bonchev–Trinajstić information content (AvgIpc) is 3.13. The number of sulfonamides is 1. The zero-order valence-electron chi connectivity index (χ0n) is 18.7. The molecule has 1 aliphatic heterocycles. The number of amides is 1. The van der Waals surface area contributed by atoms with Gasteiger partial charge in [-0.25, -0.2) is 18.2 Å². The van der Waals surface area contributed by atoms with Gasteiger partial charge in [0.15, 0.2) is 5.69 Å². The van der Waals surface area contributed by atoms with Gasteiger partial charge in [0.05, 0.1) is 33.4 Å². The first kappa shape index (κ1) is 23.7. The van der Waals surface area contributed by atoms with Crippen LogP contribution in [0.5, 0.6) is 0 Å². The minimum Gasteiger partial charge on any atom is -0.476 e. The molecule has 0 fully saturated rings. The van der Waals surface area contributed by atoms with Crippen LogP contribution in [0.1, 0.15) is 52.7 Å². The third kappa shape index (κ3) is 4.24. The largest absolute Gasteiger partial charge is 0.476 e. The Labute approximate surface area is 202 Å². The molecule has 0 bridgehead atoms. The van der Waals surface area contributed by atoms with E-state index in [1.165, 1.54) is 47.5 Å². The van der Waals surface area contributed by atoms with Gasteiger partial charge in [-0.3, -0.25) is 9.52 Å². The number of carbonyl (C=O) groups is 2. The molecular formula is C24H22ClN3O5S. The van der Waals surface area contributed by atoms with Gasteiger partial charge in [0, 0.05) is 11.8 Å². The normalized spacial score (nSPS) is 13.6. The lowest BCUT2D eigenvalue weighted by Gasteiger charge is -2.19. The monoisotopic (exact) mass is 499 g/mol. The van der Waals surface area contributed by atoms with Crippen molar-refractivity contribution in [3.05, 3.63) is 82.1 Å². The van der Waals surface area contributed by atoms with Crippen LogP contribution in [0.4, 0.5) is 11.4 Å². The fourth-order valence-corrected chi connectivity index (χ4v) is 5.14. The van der Waals surface area contributed by atoms with Gasteiger partial charge in [0.1, 0.15) is 0 Å². The number of benzene rings is 2. The van der Waals surface area contributed by atoms with Gasteiger partial charge < -0.3 is 10.0 Å². The molecule has 0 saturated heterocycles. The van der Waals surface area contributed by atoms with Crippen molar-refractivity contribution in [2.45, 2.75) is 37.6 Å². The molecule has 34 heavy (non-hydrogen) atoms. The van der Waals surface area contributed by atoms with Crippen molar-refractivity contribution in [2.75, 3.05) is 9.62 Å². The van der Waals surface area contributed by atoms with Crippen molar-refractivity contribution in [1.29, 1.82) is 0 Å². The highest BCUT2D eigenvalue weighted by Gasteiger charge is 2.35. The van der Waals surface area contributed by atoms with E-state index in [0.29, 0.717) is 5.56 Å². The molecule has 2 aromatic carbocycles. The quantitative estimate of drug-likeness (QED) is 0.526. The highest BCUT2D eigenvalue weighted by molar-refractivity contribution is 7.92. The molecule has 2 N–H and O–H groups in total. The summed E-state index contributed by atoms with van der Waals surface area (Å²) in [4.78, 5) is 29.9. The van der Waals surface area contributed by atoms with E-state index in [1.807, 2.05) is 20.8 Å². The molecular weight excluding hydrogens is 478 g/mol. The zero-order chi connectivity index (χ0) is 24.8. The van der Waals surface area contributed by atoms with Gasteiger partial charge in [-0.2, -0.15) is 0 Å². The van der Waals surface area contributed by atoms with E-state index in [2.05, 4.69) is 9.71 Å². The van der Waals surface area contributed by atoms with E-state index >= 15 is 0 Å². The van der Waals surface area contributed by atoms with Crippen molar-refractivity contribution >= 4 is 44.9 Å². The Kier molecular flexibility index (Phi) is 5.87. The van der Waals surface area contributed by atoms with E-state index in [1.54, 1.807) is 12.1 Å². The van der Waals surface area contributed by atoms with E-state index in [4.69, 9.17) is 11.6 Å². The summed E-state index contributed by atoms with van der Waals surface area (Å²) in [6.45, 7) is 6.03. The third-order valence-corrected chi connectivity index (χ3v) is 7.29. The molecule has 1 amide bonds. The van der Waals surface area contributed by atoms with Crippen LogP contribution < -0.4 is 9.62 Å². The number of nitrogens with zero attached hydrogens (tertiary/aromatic N) is 2. The molecule has 1 aromatic heterocycles. The van der Waals surface area contributed by atoms with Crippen molar-refractivity contribution in [3.63, 3.8) is 0 Å². The predicted octanol–water partition coefficient (Wildman–Crippen LogP) is 4.69. The van der Waals surface area contributed by atoms with Crippen LogP contribution in [0.25, 0.3) is 0 Å². The van der Waals surface area contributed by atoms with E-state index < -0.39 is 21.9 Å². The number of hydrogen-bond acceptors (Lipinski definition) is 5. The van der Waals surface area contributed by atoms with E-state index in [0.717, 1.165) is 5.56 Å². The van der Waals surface area contributed by atoms with Gasteiger partial charge in [-0.15, -0.1) is 0 Å². The minimum absolute atomic E-state index is 0.0679. The summed E-state index contributed by atoms with van der Waals surface area (Å²) in [6, 6.07) is 12.5. The molecule has 0 atom stereocenters. The second-order valence-electron chi connectivity index (χ2n) is 8.90. The summed E-state index contributed by atoms with van der Waals surface area (Å²) >= 11 is 6.28. The number of pyridine rings is 1. The summed E-state index contributed by atoms with van der Waals surface area (Å²) in [5.74, 6) is -1.82. The Morgan fingerprint density at radius 2 is 1.79 bits per heavy atom. The lowest BCUT2D eigenvalue weighted by Crippen LogP contribution is -2.25. The Hall–Kier alpha value is -3.43. The number of carboxylic acid groups (broad SMARTS) is 1. The number of rotatable bonds is 5. The second-order valence-corrected chi connectivity index (χ2v) is 11.0. The Bertz CT molecular complexity index is 1410. The van der Waals surface area contributed by atoms with Crippen LogP contribution >= 0.6 is 11.6 Å². The van der Waals surface area contributed by atoms with Crippen LogP contribution in [-0.4, -0.2) is 30.4 Å². The fraction of sp³-hybridized carbons (Fsp3) is 0.208. The van der Waals surface area contributed by atoms with Crippen molar-refractivity contribution < 1.29 is 23.1 Å². The summed E-state index contributed by atoms with van der Waals surface area (Å²) in [5, 5.41) is 9.61. The molecule has 8 nitrogen and oxygen atoms in total. The summed E-state index contributed by atoms with van der Waals surface area (Å²) in [6.07, 6.45) is 1.32. The van der Waals surface area contributed by atoms with Crippen LogP contribution in [0, 0.1) is 0 Å². The first-order valence-corrected chi connectivity index (χ1v) is 12.2. The lowest BCUT2D eigenvalue weighted by atomic mass is 9.87. The van der Waals surface area contributed by atoms with Gasteiger partial charge in [0.2, 0.25) is 0 Å². The molecule has 0 unspecified atom stereocenters. The van der Waals surface area contributed by atoms with Crippen LogP contribution in [0.15, 0.2) is 59.6 Å². The Morgan fingerprint density at radius 1 is 1.12 bits per heavy atom. The second kappa shape index (κ2) is 8.41. The average molecular weight is 500 g/mol. The summed E-state index contributed by atoms with van der Waals surface area (Å²) in [7, 11) is -3.96. The maximum atomic E-state index is 13.2. The zero-order valence-corrected chi connectivity index (χ0v) is 20.2. The molecule has 10 heteroatoms. The lowest BCUT2D eigenvalue weighted by molar-refractivity contribution is 0.0691. The van der Waals surface area contributed by atoms with Gasteiger partial charge in [-0.1, -0.05) is 44.5 Å². The Balaban J connectivity index is 1.71. The van der Waals surface area contributed by atoms with Crippen molar-refractivity contribution in [2.24, 2.45) is 0 Å². The molecule has 4 rings (SSSR count). The molecule has 0 saturated carbocycles. The molecule has 176 valence electrons. The highest BCUT2D eigenvalue weighted by Crippen LogP contribution is 2.38. The maximum absolute atomic E-state index is 13.2. The predicted molar refractivity (Wildman–Crippen MR) is 129 cm³/mol. The number of anilines is 2. The summed E-state index contributed by atoms with van der Waals surface area (Å²) < 4.78 is 28.7. The number of halogens is 1. The molecule has 0 aliphatic carbocycles. The Morgan fingerprint density at radius 3 is 2.41 bits per heavy atom. The number of hydrogen-bond donors (Lipinski definition) is 2. The number of fused-ring (bicyclic) bond motifs is 1. The first-order valence-electron chi connectivity index (χ1n) is 10.3. The minimum atomic E-state index is -3.96. The number of carboxylic acids is 1. The van der Waals surface area contributed by atoms with E-state index in [-0.39, 0.29) is 44.5 Å². The highest BCUT2D eigenvalue weighted by atomic mass is 35.5. The SMILES string of the molecule is CC(C)(C)c1ccc(S(=O)(=O)Nc2ccc(Cl)c3c2CN(c2cccnc2C(=O)O)C3=O)cc1. The molecule has 1 aliphatic rings. The maximum Gasteiger partial charge on any atom is 0.356 e. The topological polar surface area (TPSA) is 117 Å². The number of carbonyl (C=O) groups excluding carboxylic acids is 1. The smallest absolute Gasteiger partial charge is 0.356 e. The van der Waals surface area contributed by atoms with Crippen molar-refractivity contribution in [3.8, 4) is 0 Å². The number of aromatic nitrogens is 1. The van der Waals surface area contributed by atoms with E-state index in [9.17, 15) is 23.1 Å². The number of nitrogens with one attached hydrogen (secondary N) is 1. The standard InChI is InChI=1S/C24H22ClN3O5S/c1-24(2,3)14-6-8-15(9-7-14)34(32,33)27-18-11-10-17(25)20-16(18)13-28(22(20)29)19-5-4-12-26-21(19)23(30)31/h4-12,27H,13H2,1-3H3,(H,30,31). The van der Waals surface area contributed by atoms with Crippen molar-refractivity contribution in [1.82, 2.24) is 4.98 Å². The fourth-order valence-electron chi connectivity index (χ4n) is 3.79.